The average molecular weight is 312 g/mol. The minimum absolute atomic E-state index is 0.232. The molecule has 6 nitrogen and oxygen atoms in total. The fourth-order valence-corrected chi connectivity index (χ4v) is 5.83. The second kappa shape index (κ2) is 5.07. The fourth-order valence-electron chi connectivity index (χ4n) is 3.88. The smallest absolute Gasteiger partial charge is 0.246 e. The average Bonchev–Trinajstić information content (AvgIpc) is 2.91. The van der Waals surface area contributed by atoms with E-state index in [0.717, 1.165) is 19.3 Å². The van der Waals surface area contributed by atoms with Gasteiger partial charge in [0.15, 0.2) is 0 Å². The molecule has 2 aliphatic rings. The van der Waals surface area contributed by atoms with Gasteiger partial charge in [-0.15, -0.1) is 0 Å². The van der Waals surface area contributed by atoms with Crippen molar-refractivity contribution in [3.05, 3.63) is 11.4 Å². The van der Waals surface area contributed by atoms with Crippen molar-refractivity contribution in [1.29, 1.82) is 0 Å². The summed E-state index contributed by atoms with van der Waals surface area (Å²) < 4.78 is 29.2. The molecular formula is C14H24N4O2S. The summed E-state index contributed by atoms with van der Waals surface area (Å²) in [6.07, 6.45) is 3.00. The highest BCUT2D eigenvalue weighted by Crippen LogP contribution is 2.38. The molecule has 0 bridgehead atoms. The molecule has 1 aliphatic carbocycles. The predicted molar refractivity (Wildman–Crippen MR) is 80.2 cm³/mol. The molecule has 2 N–H and O–H groups in total. The van der Waals surface area contributed by atoms with Crippen LogP contribution in [0.2, 0.25) is 0 Å². The second-order valence-corrected chi connectivity index (χ2v) is 8.41. The molecule has 0 amide bonds. The quantitative estimate of drug-likeness (QED) is 0.875. The lowest BCUT2D eigenvalue weighted by Crippen LogP contribution is -2.32. The molecule has 0 spiro atoms. The van der Waals surface area contributed by atoms with E-state index >= 15 is 0 Å². The first-order valence-corrected chi connectivity index (χ1v) is 9.00. The minimum atomic E-state index is -3.45. The van der Waals surface area contributed by atoms with Gasteiger partial charge < -0.3 is 5.73 Å². The summed E-state index contributed by atoms with van der Waals surface area (Å²) in [5.41, 5.74) is 7.32. The van der Waals surface area contributed by atoms with Crippen molar-refractivity contribution >= 4 is 10.0 Å². The maximum Gasteiger partial charge on any atom is 0.246 e. The van der Waals surface area contributed by atoms with Crippen LogP contribution < -0.4 is 5.73 Å². The van der Waals surface area contributed by atoms with E-state index in [9.17, 15) is 8.42 Å². The maximum atomic E-state index is 13.0. The van der Waals surface area contributed by atoms with Crippen molar-refractivity contribution in [2.45, 2.75) is 44.0 Å². The topological polar surface area (TPSA) is 81.2 Å². The van der Waals surface area contributed by atoms with Crippen molar-refractivity contribution in [3.63, 3.8) is 0 Å². The van der Waals surface area contributed by atoms with Crippen LogP contribution in [0.3, 0.4) is 0 Å². The van der Waals surface area contributed by atoms with Crippen LogP contribution in [0, 0.1) is 25.7 Å². The summed E-state index contributed by atoms with van der Waals surface area (Å²) >= 11 is 0. The van der Waals surface area contributed by atoms with Crippen LogP contribution in [0.1, 0.15) is 30.7 Å². The molecule has 3 atom stereocenters. The Morgan fingerprint density at radius 3 is 2.48 bits per heavy atom. The number of rotatable bonds is 2. The first-order chi connectivity index (χ1) is 9.80. The van der Waals surface area contributed by atoms with Gasteiger partial charge in [0, 0.05) is 26.2 Å². The minimum Gasteiger partial charge on any atom is -0.328 e. The van der Waals surface area contributed by atoms with Gasteiger partial charge in [0.25, 0.3) is 0 Å². The van der Waals surface area contributed by atoms with Crippen LogP contribution in [0.5, 0.6) is 0 Å². The number of hydrogen-bond acceptors (Lipinski definition) is 4. The van der Waals surface area contributed by atoms with Crippen molar-refractivity contribution in [2.75, 3.05) is 13.1 Å². The molecule has 1 aromatic rings. The maximum absolute atomic E-state index is 13.0. The number of aryl methyl sites for hydroxylation is 2. The molecule has 21 heavy (non-hydrogen) atoms. The number of nitrogens with zero attached hydrogens (tertiary/aromatic N) is 3. The van der Waals surface area contributed by atoms with Crippen LogP contribution in [0.25, 0.3) is 0 Å². The van der Waals surface area contributed by atoms with Crippen molar-refractivity contribution < 1.29 is 8.42 Å². The number of nitrogens with two attached hydrogens (primary N) is 1. The molecule has 3 rings (SSSR count). The van der Waals surface area contributed by atoms with E-state index in [1.165, 1.54) is 0 Å². The molecule has 1 saturated heterocycles. The fraction of sp³-hybridized carbons (Fsp3) is 0.786. The zero-order valence-electron chi connectivity index (χ0n) is 12.9. The molecule has 7 heteroatoms. The van der Waals surface area contributed by atoms with Crippen molar-refractivity contribution in [3.8, 4) is 0 Å². The summed E-state index contributed by atoms with van der Waals surface area (Å²) in [5, 5.41) is 4.24. The highest BCUT2D eigenvalue weighted by molar-refractivity contribution is 7.89. The third-order valence-corrected chi connectivity index (χ3v) is 7.18. The number of hydrogen-bond donors (Lipinski definition) is 1. The Morgan fingerprint density at radius 2 is 1.86 bits per heavy atom. The van der Waals surface area contributed by atoms with Gasteiger partial charge in [-0.2, -0.15) is 9.40 Å². The number of fused-ring (bicyclic) bond motifs is 1. The lowest BCUT2D eigenvalue weighted by atomic mass is 9.79. The van der Waals surface area contributed by atoms with Gasteiger partial charge >= 0.3 is 0 Å². The van der Waals surface area contributed by atoms with E-state index in [4.69, 9.17) is 5.73 Å². The number of sulfonamides is 1. The van der Waals surface area contributed by atoms with Gasteiger partial charge in [-0.05, 0) is 44.9 Å². The molecule has 118 valence electrons. The Kier molecular flexibility index (Phi) is 3.62. The molecule has 0 aromatic carbocycles. The molecule has 0 radical (unpaired) electrons. The molecule has 1 aromatic heterocycles. The lowest BCUT2D eigenvalue weighted by Gasteiger charge is -2.28. The Bertz CT molecular complexity index is 652. The summed E-state index contributed by atoms with van der Waals surface area (Å²) in [5.74, 6) is 0.887. The molecule has 2 heterocycles. The van der Waals surface area contributed by atoms with Gasteiger partial charge in [0.05, 0.1) is 11.4 Å². The molecular weight excluding hydrogens is 288 g/mol. The van der Waals surface area contributed by atoms with Crippen molar-refractivity contribution in [2.24, 2.45) is 24.6 Å². The van der Waals surface area contributed by atoms with Gasteiger partial charge in [-0.25, -0.2) is 8.42 Å². The van der Waals surface area contributed by atoms with Crippen LogP contribution in [0.4, 0.5) is 0 Å². The van der Waals surface area contributed by atoms with Crippen LogP contribution in [-0.4, -0.2) is 41.6 Å². The van der Waals surface area contributed by atoms with E-state index in [1.54, 1.807) is 23.0 Å². The van der Waals surface area contributed by atoms with Crippen LogP contribution in [0.15, 0.2) is 4.90 Å². The molecule has 1 aliphatic heterocycles. The Labute approximate surface area is 126 Å². The second-order valence-electron chi connectivity index (χ2n) is 6.54. The largest absolute Gasteiger partial charge is 0.328 e. The highest BCUT2D eigenvalue weighted by Gasteiger charge is 2.43. The van der Waals surface area contributed by atoms with E-state index in [2.05, 4.69) is 5.10 Å². The lowest BCUT2D eigenvalue weighted by molar-refractivity contribution is 0.271. The van der Waals surface area contributed by atoms with Crippen LogP contribution >= 0.6 is 0 Å². The first-order valence-electron chi connectivity index (χ1n) is 7.56. The predicted octanol–water partition coefficient (Wildman–Crippen LogP) is 0.785. The van der Waals surface area contributed by atoms with Gasteiger partial charge in [0.2, 0.25) is 10.0 Å². The summed E-state index contributed by atoms with van der Waals surface area (Å²) in [7, 11) is -1.66. The number of aromatic nitrogens is 2. The SMILES string of the molecule is Cc1nn(C)c(C)c1S(=O)(=O)N1C[C@H]2CCC(N)C[C@H]2C1. The summed E-state index contributed by atoms with van der Waals surface area (Å²) in [6.45, 7) is 4.81. The Hall–Kier alpha value is -0.920. The Balaban J connectivity index is 1.90. The van der Waals surface area contributed by atoms with Crippen LogP contribution in [-0.2, 0) is 17.1 Å². The zero-order valence-corrected chi connectivity index (χ0v) is 13.7. The summed E-state index contributed by atoms with van der Waals surface area (Å²) in [4.78, 5) is 0.382. The summed E-state index contributed by atoms with van der Waals surface area (Å²) in [6, 6.07) is 0.232. The van der Waals surface area contributed by atoms with E-state index in [-0.39, 0.29) is 6.04 Å². The zero-order chi connectivity index (χ0) is 15.4. The van der Waals surface area contributed by atoms with E-state index < -0.39 is 10.0 Å². The molecule has 1 saturated carbocycles. The highest BCUT2D eigenvalue weighted by atomic mass is 32.2. The standard InChI is InChI=1S/C14H24N4O2S/c1-9-14(10(2)17(3)16-9)21(19,20)18-7-11-4-5-13(15)6-12(11)8-18/h11-13H,4-8,15H2,1-3H3/t11-,12+,13?/m1/s1. The normalized spacial score (nSPS) is 30.6. The molecule has 2 fully saturated rings. The van der Waals surface area contributed by atoms with E-state index in [1.807, 2.05) is 6.92 Å². The monoisotopic (exact) mass is 312 g/mol. The Morgan fingerprint density at radius 1 is 1.19 bits per heavy atom. The third-order valence-electron chi connectivity index (χ3n) is 5.10. The van der Waals surface area contributed by atoms with Crippen molar-refractivity contribution in [1.82, 2.24) is 14.1 Å². The molecule has 1 unspecified atom stereocenters. The third kappa shape index (κ3) is 2.41. The van der Waals surface area contributed by atoms with Gasteiger partial charge in [-0.3, -0.25) is 4.68 Å². The van der Waals surface area contributed by atoms with Gasteiger partial charge in [0.1, 0.15) is 4.90 Å². The first kappa shape index (κ1) is 15.0. The van der Waals surface area contributed by atoms with E-state index in [0.29, 0.717) is 41.2 Å². The van der Waals surface area contributed by atoms with Gasteiger partial charge in [-0.1, -0.05) is 0 Å².